The average molecular weight is 497 g/mol. The molecule has 0 saturated heterocycles. The molecule has 0 amide bonds. The second kappa shape index (κ2) is 10.2. The number of hydrogen-bond donors (Lipinski definition) is 1. The van der Waals surface area contributed by atoms with Crippen LogP contribution in [0.5, 0.6) is 11.5 Å². The predicted molar refractivity (Wildman–Crippen MR) is 129 cm³/mol. The molecule has 1 N–H and O–H groups in total. The van der Waals surface area contributed by atoms with Gasteiger partial charge in [-0.25, -0.2) is 13.1 Å². The van der Waals surface area contributed by atoms with Crippen LogP contribution in [0, 0.1) is 13.8 Å². The Hall–Kier alpha value is -3.89. The van der Waals surface area contributed by atoms with Crippen LogP contribution >= 0.6 is 0 Å². The van der Waals surface area contributed by atoms with Gasteiger partial charge in [-0.05, 0) is 43.7 Å². The Labute approximate surface area is 203 Å². The van der Waals surface area contributed by atoms with Crippen molar-refractivity contribution in [2.45, 2.75) is 13.8 Å². The molecule has 182 valence electrons. The van der Waals surface area contributed by atoms with Crippen molar-refractivity contribution >= 4 is 27.9 Å². The number of aromatic nitrogens is 1. The molecule has 35 heavy (non-hydrogen) atoms. The molecule has 3 aromatic rings. The van der Waals surface area contributed by atoms with E-state index in [0.29, 0.717) is 28.3 Å². The minimum Gasteiger partial charge on any atom is -0.456 e. The molecular weight excluding hydrogens is 472 g/mol. The number of rotatable bonds is 9. The van der Waals surface area contributed by atoms with Gasteiger partial charge in [0.2, 0.25) is 22.6 Å². The van der Waals surface area contributed by atoms with Crippen LogP contribution in [0.1, 0.15) is 27.3 Å². The SMILES string of the molecule is Cc1cc(C(=O)COC(=O)CNS(=O)(=O)/C=C/c2ccccc2)c(C)n1-c1ccc2c(c1)OCO2. The zero-order chi connectivity index (χ0) is 25.0. The van der Waals surface area contributed by atoms with Crippen molar-refractivity contribution in [3.05, 3.63) is 82.5 Å². The van der Waals surface area contributed by atoms with E-state index < -0.39 is 34.9 Å². The summed E-state index contributed by atoms with van der Waals surface area (Å²) < 4.78 is 43.9. The van der Waals surface area contributed by atoms with Gasteiger partial charge in [-0.15, -0.1) is 0 Å². The lowest BCUT2D eigenvalue weighted by molar-refractivity contribution is -0.141. The molecule has 0 spiro atoms. The van der Waals surface area contributed by atoms with Crippen molar-refractivity contribution in [1.82, 2.24) is 9.29 Å². The highest BCUT2D eigenvalue weighted by atomic mass is 32.2. The molecule has 4 rings (SSSR count). The number of carbonyl (C=O) groups is 2. The maximum atomic E-state index is 12.7. The molecule has 0 atom stereocenters. The topological polar surface area (TPSA) is 113 Å². The minimum atomic E-state index is -3.85. The lowest BCUT2D eigenvalue weighted by atomic mass is 10.1. The molecule has 1 aliphatic heterocycles. The number of nitrogens with zero attached hydrogens (tertiary/aromatic N) is 1. The number of esters is 1. The Morgan fingerprint density at radius 1 is 1.06 bits per heavy atom. The first kappa shape index (κ1) is 24.2. The van der Waals surface area contributed by atoms with Crippen LogP contribution in [-0.4, -0.2) is 44.7 Å². The van der Waals surface area contributed by atoms with Gasteiger partial charge in [-0.3, -0.25) is 9.59 Å². The van der Waals surface area contributed by atoms with E-state index in [1.54, 1.807) is 43.3 Å². The zero-order valence-electron chi connectivity index (χ0n) is 19.2. The maximum Gasteiger partial charge on any atom is 0.321 e. The van der Waals surface area contributed by atoms with E-state index in [1.807, 2.05) is 29.7 Å². The van der Waals surface area contributed by atoms with E-state index in [2.05, 4.69) is 4.72 Å². The number of Topliss-reactive ketones (excluding diaryl/α,β-unsaturated/α-hetero) is 1. The van der Waals surface area contributed by atoms with Crippen LogP contribution in [0.25, 0.3) is 11.8 Å². The van der Waals surface area contributed by atoms with Gasteiger partial charge < -0.3 is 18.8 Å². The highest BCUT2D eigenvalue weighted by molar-refractivity contribution is 7.92. The number of sulfonamides is 1. The normalized spacial score (nSPS) is 12.7. The third-order valence-corrected chi connectivity index (χ3v) is 6.41. The molecule has 0 radical (unpaired) electrons. The van der Waals surface area contributed by atoms with E-state index in [4.69, 9.17) is 14.2 Å². The summed E-state index contributed by atoms with van der Waals surface area (Å²) in [5, 5.41) is 0.964. The van der Waals surface area contributed by atoms with Crippen LogP contribution in [0.2, 0.25) is 0 Å². The zero-order valence-corrected chi connectivity index (χ0v) is 20.0. The Balaban J connectivity index is 1.34. The lowest BCUT2D eigenvalue weighted by Crippen LogP contribution is -2.30. The number of carbonyl (C=O) groups excluding carboxylic acids is 2. The van der Waals surface area contributed by atoms with Crippen LogP contribution < -0.4 is 14.2 Å². The molecule has 0 unspecified atom stereocenters. The molecule has 9 nitrogen and oxygen atoms in total. The van der Waals surface area contributed by atoms with Gasteiger partial charge in [0, 0.05) is 34.1 Å². The van der Waals surface area contributed by atoms with Gasteiger partial charge in [0.25, 0.3) is 0 Å². The summed E-state index contributed by atoms with van der Waals surface area (Å²) in [5.41, 5.74) is 3.39. The quantitative estimate of drug-likeness (QED) is 0.358. The third-order valence-electron chi connectivity index (χ3n) is 5.37. The summed E-state index contributed by atoms with van der Waals surface area (Å²) in [7, 11) is -3.85. The second-order valence-electron chi connectivity index (χ2n) is 7.82. The molecule has 0 saturated carbocycles. The van der Waals surface area contributed by atoms with E-state index in [-0.39, 0.29) is 6.79 Å². The van der Waals surface area contributed by atoms with Crippen molar-refractivity contribution in [2.75, 3.05) is 19.9 Å². The number of hydrogen-bond acceptors (Lipinski definition) is 7. The summed E-state index contributed by atoms with van der Waals surface area (Å²) in [6, 6.07) is 16.1. The highest BCUT2D eigenvalue weighted by Crippen LogP contribution is 2.34. The van der Waals surface area contributed by atoms with Gasteiger partial charge in [-0.2, -0.15) is 0 Å². The number of aryl methyl sites for hydroxylation is 1. The molecular formula is C25H24N2O7S. The summed E-state index contributed by atoms with van der Waals surface area (Å²) in [6.07, 6.45) is 1.41. The van der Waals surface area contributed by atoms with Gasteiger partial charge in [0.15, 0.2) is 18.1 Å². The summed E-state index contributed by atoms with van der Waals surface area (Å²) >= 11 is 0. The van der Waals surface area contributed by atoms with E-state index >= 15 is 0 Å². The van der Waals surface area contributed by atoms with Crippen molar-refractivity contribution in [3.63, 3.8) is 0 Å². The Kier molecular flexibility index (Phi) is 7.04. The van der Waals surface area contributed by atoms with Crippen LogP contribution in [-0.2, 0) is 19.6 Å². The van der Waals surface area contributed by atoms with Crippen LogP contribution in [0.3, 0.4) is 0 Å². The molecule has 1 aromatic heterocycles. The largest absolute Gasteiger partial charge is 0.456 e. The van der Waals surface area contributed by atoms with E-state index in [9.17, 15) is 18.0 Å². The van der Waals surface area contributed by atoms with E-state index in [1.165, 1.54) is 6.08 Å². The number of nitrogens with one attached hydrogen (secondary N) is 1. The Bertz CT molecular complexity index is 1390. The fraction of sp³-hybridized carbons (Fsp3) is 0.200. The summed E-state index contributed by atoms with van der Waals surface area (Å²) in [5.74, 6) is 0.0216. The van der Waals surface area contributed by atoms with Crippen molar-refractivity contribution in [3.8, 4) is 17.2 Å². The lowest BCUT2D eigenvalue weighted by Gasteiger charge is -2.11. The molecule has 10 heteroatoms. The smallest absolute Gasteiger partial charge is 0.321 e. The van der Waals surface area contributed by atoms with Gasteiger partial charge in [0.1, 0.15) is 6.54 Å². The summed E-state index contributed by atoms with van der Waals surface area (Å²) in [4.78, 5) is 24.8. The fourth-order valence-corrected chi connectivity index (χ4v) is 4.43. The first-order valence-electron chi connectivity index (χ1n) is 10.7. The van der Waals surface area contributed by atoms with Gasteiger partial charge in [-0.1, -0.05) is 30.3 Å². The molecule has 0 fully saturated rings. The first-order chi connectivity index (χ1) is 16.7. The monoisotopic (exact) mass is 496 g/mol. The number of ether oxygens (including phenoxy) is 3. The molecule has 2 heterocycles. The number of benzene rings is 2. The number of fused-ring (bicyclic) bond motifs is 1. The Morgan fingerprint density at radius 3 is 2.57 bits per heavy atom. The standard InChI is InChI=1S/C25H24N2O7S/c1-17-12-21(18(2)27(17)20-8-9-23-24(13-20)34-16-33-23)22(28)15-32-25(29)14-26-35(30,31)11-10-19-6-4-3-5-7-19/h3-13,26H,14-16H2,1-2H3/b11-10+. The highest BCUT2D eigenvalue weighted by Gasteiger charge is 2.20. The van der Waals surface area contributed by atoms with Crippen molar-refractivity contribution in [1.29, 1.82) is 0 Å². The minimum absolute atomic E-state index is 0.164. The van der Waals surface area contributed by atoms with Crippen LogP contribution in [0.15, 0.2) is 60.0 Å². The Morgan fingerprint density at radius 2 is 1.80 bits per heavy atom. The fourth-order valence-electron chi connectivity index (χ4n) is 3.68. The predicted octanol–water partition coefficient (Wildman–Crippen LogP) is 3.14. The van der Waals surface area contributed by atoms with Crippen molar-refractivity contribution < 1.29 is 32.2 Å². The van der Waals surface area contributed by atoms with Gasteiger partial charge in [0.05, 0.1) is 0 Å². The number of ketones is 1. The molecule has 0 bridgehead atoms. The molecule has 1 aliphatic rings. The van der Waals surface area contributed by atoms with Crippen LogP contribution in [0.4, 0.5) is 0 Å². The van der Waals surface area contributed by atoms with E-state index in [0.717, 1.165) is 16.8 Å². The summed E-state index contributed by atoms with van der Waals surface area (Å²) in [6.45, 7) is 2.71. The average Bonchev–Trinajstić information content (AvgIpc) is 3.43. The maximum absolute atomic E-state index is 12.7. The first-order valence-corrected chi connectivity index (χ1v) is 12.3. The molecule has 0 aliphatic carbocycles. The second-order valence-corrected chi connectivity index (χ2v) is 9.47. The van der Waals surface area contributed by atoms with Crippen molar-refractivity contribution in [2.24, 2.45) is 0 Å². The third kappa shape index (κ3) is 5.79. The van der Waals surface area contributed by atoms with Gasteiger partial charge >= 0.3 is 5.97 Å². The molecule has 2 aromatic carbocycles.